The third-order valence-electron chi connectivity index (χ3n) is 4.21. The van der Waals surface area contributed by atoms with Crippen LogP contribution in [0, 0.1) is 11.8 Å². The summed E-state index contributed by atoms with van der Waals surface area (Å²) in [5, 5.41) is 0. The highest BCUT2D eigenvalue weighted by atomic mass is 79.9. The molecule has 0 amide bonds. The molecular formula is C17H21BrF2. The van der Waals surface area contributed by atoms with Crippen LogP contribution >= 0.6 is 15.9 Å². The van der Waals surface area contributed by atoms with Crippen LogP contribution in [-0.4, -0.2) is 0 Å². The van der Waals surface area contributed by atoms with Gasteiger partial charge in [-0.05, 0) is 43.7 Å². The van der Waals surface area contributed by atoms with E-state index in [4.69, 9.17) is 0 Å². The first kappa shape index (κ1) is 15.7. The van der Waals surface area contributed by atoms with Gasteiger partial charge in [-0.15, -0.1) is 0 Å². The zero-order valence-corrected chi connectivity index (χ0v) is 13.4. The minimum absolute atomic E-state index is 0.230. The Balaban J connectivity index is 2.04. The fourth-order valence-corrected chi connectivity index (χ4v) is 3.29. The Morgan fingerprint density at radius 2 is 1.70 bits per heavy atom. The van der Waals surface area contributed by atoms with Crippen LogP contribution in [0.5, 0.6) is 0 Å². The Morgan fingerprint density at radius 3 is 2.25 bits per heavy atom. The van der Waals surface area contributed by atoms with Gasteiger partial charge in [0.2, 0.25) is 0 Å². The molecule has 0 nitrogen and oxygen atoms in total. The van der Waals surface area contributed by atoms with Gasteiger partial charge in [-0.1, -0.05) is 47.8 Å². The average molecular weight is 343 g/mol. The molecular weight excluding hydrogens is 322 g/mol. The molecule has 1 aliphatic carbocycles. The van der Waals surface area contributed by atoms with Crippen molar-refractivity contribution < 1.29 is 8.78 Å². The smallest absolute Gasteiger partial charge is 0.162 e. The molecule has 0 spiro atoms. The molecule has 0 aromatic heterocycles. The molecule has 20 heavy (non-hydrogen) atoms. The van der Waals surface area contributed by atoms with Crippen molar-refractivity contribution in [1.29, 1.82) is 0 Å². The lowest BCUT2D eigenvalue weighted by Gasteiger charge is -2.27. The normalized spacial score (nSPS) is 24.4. The molecule has 2 rings (SSSR count). The molecule has 0 N–H and O–H groups in total. The summed E-state index contributed by atoms with van der Waals surface area (Å²) in [5.74, 6) is -0.759. The summed E-state index contributed by atoms with van der Waals surface area (Å²) in [6, 6.07) is 6.70. The van der Waals surface area contributed by atoms with E-state index in [9.17, 15) is 8.78 Å². The maximum Gasteiger partial charge on any atom is 0.162 e. The number of benzene rings is 1. The van der Waals surface area contributed by atoms with E-state index in [2.05, 4.69) is 22.9 Å². The van der Waals surface area contributed by atoms with Crippen molar-refractivity contribution in [1.82, 2.24) is 0 Å². The van der Waals surface area contributed by atoms with E-state index in [0.717, 1.165) is 30.2 Å². The Morgan fingerprint density at radius 1 is 1.10 bits per heavy atom. The first-order chi connectivity index (χ1) is 9.61. The SMILES string of the molecule is CCCC1CCC(/C(F)=C(\F)c2ccc(Br)cc2)CC1. The molecule has 0 bridgehead atoms. The molecule has 1 aromatic carbocycles. The van der Waals surface area contributed by atoms with Crippen LogP contribution in [0.25, 0.3) is 5.83 Å². The van der Waals surface area contributed by atoms with Crippen molar-refractivity contribution in [2.24, 2.45) is 11.8 Å². The molecule has 1 fully saturated rings. The number of rotatable bonds is 4. The van der Waals surface area contributed by atoms with E-state index in [1.54, 1.807) is 24.3 Å². The number of hydrogen-bond acceptors (Lipinski definition) is 0. The molecule has 0 aliphatic heterocycles. The van der Waals surface area contributed by atoms with Crippen molar-refractivity contribution in [2.75, 3.05) is 0 Å². The van der Waals surface area contributed by atoms with E-state index < -0.39 is 11.7 Å². The van der Waals surface area contributed by atoms with Crippen LogP contribution in [0.3, 0.4) is 0 Å². The largest absolute Gasteiger partial charge is 0.208 e. The fraction of sp³-hybridized carbons (Fsp3) is 0.529. The Bertz CT molecular complexity index is 456. The number of halogens is 3. The van der Waals surface area contributed by atoms with Gasteiger partial charge < -0.3 is 0 Å². The molecule has 0 heterocycles. The fourth-order valence-electron chi connectivity index (χ4n) is 3.03. The lowest BCUT2D eigenvalue weighted by Crippen LogP contribution is -2.15. The highest BCUT2D eigenvalue weighted by molar-refractivity contribution is 9.10. The van der Waals surface area contributed by atoms with Crippen molar-refractivity contribution in [3.05, 3.63) is 40.1 Å². The summed E-state index contributed by atoms with van der Waals surface area (Å²) < 4.78 is 29.3. The van der Waals surface area contributed by atoms with Gasteiger partial charge in [0, 0.05) is 16.0 Å². The van der Waals surface area contributed by atoms with Crippen molar-refractivity contribution in [3.8, 4) is 0 Å². The van der Waals surface area contributed by atoms with Gasteiger partial charge in [0.1, 0.15) is 5.83 Å². The molecule has 0 radical (unpaired) electrons. The molecule has 0 atom stereocenters. The third kappa shape index (κ3) is 3.91. The highest BCUT2D eigenvalue weighted by Crippen LogP contribution is 2.39. The summed E-state index contributed by atoms with van der Waals surface area (Å²) in [5.41, 5.74) is 0.335. The van der Waals surface area contributed by atoms with Gasteiger partial charge in [-0.3, -0.25) is 0 Å². The number of allylic oxidation sites excluding steroid dienone is 1. The van der Waals surface area contributed by atoms with Crippen molar-refractivity contribution >= 4 is 21.8 Å². The summed E-state index contributed by atoms with van der Waals surface area (Å²) in [6.45, 7) is 2.18. The summed E-state index contributed by atoms with van der Waals surface area (Å²) in [4.78, 5) is 0. The van der Waals surface area contributed by atoms with Crippen molar-refractivity contribution in [2.45, 2.75) is 45.4 Å². The molecule has 110 valence electrons. The predicted molar refractivity (Wildman–Crippen MR) is 83.6 cm³/mol. The van der Waals surface area contributed by atoms with Crippen LogP contribution in [0.1, 0.15) is 51.0 Å². The van der Waals surface area contributed by atoms with Crippen molar-refractivity contribution in [3.63, 3.8) is 0 Å². The van der Waals surface area contributed by atoms with E-state index in [1.165, 1.54) is 12.8 Å². The van der Waals surface area contributed by atoms with Crippen LogP contribution in [-0.2, 0) is 0 Å². The summed E-state index contributed by atoms with van der Waals surface area (Å²) in [7, 11) is 0. The summed E-state index contributed by atoms with van der Waals surface area (Å²) >= 11 is 3.30. The molecule has 3 heteroatoms. The Labute approximate surface area is 128 Å². The second-order valence-electron chi connectivity index (χ2n) is 5.68. The van der Waals surface area contributed by atoms with Gasteiger partial charge in [-0.2, -0.15) is 0 Å². The van der Waals surface area contributed by atoms with E-state index >= 15 is 0 Å². The molecule has 0 unspecified atom stereocenters. The third-order valence-corrected chi connectivity index (χ3v) is 4.74. The molecule has 1 saturated carbocycles. The maximum absolute atomic E-state index is 14.3. The van der Waals surface area contributed by atoms with E-state index in [0.29, 0.717) is 11.5 Å². The highest BCUT2D eigenvalue weighted by Gasteiger charge is 2.26. The molecule has 0 saturated heterocycles. The lowest BCUT2D eigenvalue weighted by molar-refractivity contribution is 0.261. The van der Waals surface area contributed by atoms with Crippen LogP contribution in [0.2, 0.25) is 0 Å². The van der Waals surface area contributed by atoms with Crippen LogP contribution in [0.15, 0.2) is 34.6 Å². The summed E-state index contributed by atoms with van der Waals surface area (Å²) in [6.07, 6.45) is 6.01. The van der Waals surface area contributed by atoms with E-state index in [-0.39, 0.29) is 5.92 Å². The van der Waals surface area contributed by atoms with Gasteiger partial charge in [0.15, 0.2) is 5.83 Å². The monoisotopic (exact) mass is 342 g/mol. The zero-order chi connectivity index (χ0) is 14.5. The van der Waals surface area contributed by atoms with Crippen LogP contribution < -0.4 is 0 Å². The standard InChI is InChI=1S/C17H21BrF2/c1-2-3-12-4-6-13(7-5-12)16(19)17(20)14-8-10-15(18)11-9-14/h8-13H,2-7H2,1H3/b17-16+. The maximum atomic E-state index is 14.3. The van der Waals surface area contributed by atoms with Crippen LogP contribution in [0.4, 0.5) is 8.78 Å². The lowest BCUT2D eigenvalue weighted by atomic mass is 9.79. The minimum atomic E-state index is -0.684. The topological polar surface area (TPSA) is 0 Å². The van der Waals surface area contributed by atoms with Gasteiger partial charge in [0.25, 0.3) is 0 Å². The van der Waals surface area contributed by atoms with Gasteiger partial charge in [0.05, 0.1) is 0 Å². The second-order valence-corrected chi connectivity index (χ2v) is 6.59. The predicted octanol–water partition coefficient (Wildman–Crippen LogP) is 6.66. The molecule has 1 aromatic rings. The zero-order valence-electron chi connectivity index (χ0n) is 11.8. The quantitative estimate of drug-likeness (QED) is 0.573. The van der Waals surface area contributed by atoms with Gasteiger partial charge >= 0.3 is 0 Å². The van der Waals surface area contributed by atoms with Gasteiger partial charge in [-0.25, -0.2) is 8.78 Å². The molecule has 1 aliphatic rings. The second kappa shape index (κ2) is 7.35. The first-order valence-corrected chi connectivity index (χ1v) is 8.22. The average Bonchev–Trinajstić information content (AvgIpc) is 2.48. The Hall–Kier alpha value is -0.700. The Kier molecular flexibility index (Phi) is 5.76. The van der Waals surface area contributed by atoms with E-state index in [1.807, 2.05) is 0 Å². The number of hydrogen-bond donors (Lipinski definition) is 0. The minimum Gasteiger partial charge on any atom is -0.208 e. The first-order valence-electron chi connectivity index (χ1n) is 7.43.